The lowest BCUT2D eigenvalue weighted by atomic mass is 10.1. The van der Waals surface area contributed by atoms with Crippen LogP contribution in [0.4, 0.5) is 0 Å². The lowest BCUT2D eigenvalue weighted by molar-refractivity contribution is -0.142. The van der Waals surface area contributed by atoms with Gasteiger partial charge in [-0.3, -0.25) is 9.59 Å². The number of carboxylic acids is 1. The molecule has 1 aliphatic rings. The van der Waals surface area contributed by atoms with E-state index >= 15 is 0 Å². The average Bonchev–Trinajstić information content (AvgIpc) is 3.01. The molecule has 122 valence electrons. The van der Waals surface area contributed by atoms with E-state index in [2.05, 4.69) is 18.7 Å². The predicted octanol–water partition coefficient (Wildman–Crippen LogP) is 1.92. The molecule has 0 spiro atoms. The summed E-state index contributed by atoms with van der Waals surface area (Å²) in [5.41, 5.74) is -0.408. The fraction of sp³-hybridized carbons (Fsp3) is 0.875. The Morgan fingerprint density at radius 3 is 1.95 bits per heavy atom. The van der Waals surface area contributed by atoms with Gasteiger partial charge < -0.3 is 14.9 Å². The molecule has 1 fully saturated rings. The summed E-state index contributed by atoms with van der Waals surface area (Å²) in [6.45, 7) is 14.4. The third-order valence-electron chi connectivity index (χ3n) is 4.85. The van der Waals surface area contributed by atoms with Gasteiger partial charge in [-0.2, -0.15) is 0 Å². The van der Waals surface area contributed by atoms with E-state index in [4.69, 9.17) is 0 Å². The van der Waals surface area contributed by atoms with Crippen molar-refractivity contribution >= 4 is 11.9 Å². The second-order valence-electron chi connectivity index (χ2n) is 6.41. The highest BCUT2D eigenvalue weighted by Crippen LogP contribution is 2.59. The molecule has 0 aromatic heterocycles. The van der Waals surface area contributed by atoms with Crippen LogP contribution in [0.2, 0.25) is 0 Å². The number of carbonyl (C=O) groups is 2. The second kappa shape index (κ2) is 7.25. The Kier molecular flexibility index (Phi) is 6.20. The van der Waals surface area contributed by atoms with Crippen molar-refractivity contribution in [3.63, 3.8) is 0 Å². The second-order valence-corrected chi connectivity index (χ2v) is 6.41. The Morgan fingerprint density at radius 2 is 1.57 bits per heavy atom. The molecule has 1 N–H and O–H groups in total. The summed E-state index contributed by atoms with van der Waals surface area (Å²) in [7, 11) is 0. The molecule has 1 rings (SSSR count). The smallest absolute Gasteiger partial charge is 0.307 e. The molecule has 0 aromatic rings. The van der Waals surface area contributed by atoms with Crippen LogP contribution in [-0.4, -0.2) is 59.5 Å². The zero-order valence-corrected chi connectivity index (χ0v) is 14.1. The monoisotopic (exact) mass is 298 g/mol. The summed E-state index contributed by atoms with van der Waals surface area (Å²) in [6, 6.07) is 0. The van der Waals surface area contributed by atoms with Gasteiger partial charge in [-0.25, -0.2) is 0 Å². The molecule has 1 amide bonds. The number of amides is 1. The summed E-state index contributed by atoms with van der Waals surface area (Å²) in [5, 5.41) is 9.20. The minimum Gasteiger partial charge on any atom is -0.481 e. The van der Waals surface area contributed by atoms with Gasteiger partial charge in [-0.15, -0.1) is 0 Å². The van der Waals surface area contributed by atoms with E-state index in [1.54, 1.807) is 0 Å². The van der Waals surface area contributed by atoms with E-state index in [0.29, 0.717) is 13.1 Å². The van der Waals surface area contributed by atoms with Crippen molar-refractivity contribution in [2.45, 2.75) is 41.0 Å². The fourth-order valence-electron chi connectivity index (χ4n) is 3.21. The summed E-state index contributed by atoms with van der Waals surface area (Å²) < 4.78 is 0. The Hall–Kier alpha value is -1.10. The maximum Gasteiger partial charge on any atom is 0.307 e. The third-order valence-corrected chi connectivity index (χ3v) is 4.85. The zero-order valence-electron chi connectivity index (χ0n) is 14.1. The highest BCUT2D eigenvalue weighted by molar-refractivity contribution is 5.91. The molecule has 0 aliphatic heterocycles. The lowest BCUT2D eigenvalue weighted by Gasteiger charge is -2.24. The molecular weight excluding hydrogens is 268 g/mol. The Morgan fingerprint density at radius 1 is 1.00 bits per heavy atom. The first kappa shape index (κ1) is 18.0. The van der Waals surface area contributed by atoms with Gasteiger partial charge >= 0.3 is 5.97 Å². The van der Waals surface area contributed by atoms with Crippen LogP contribution < -0.4 is 0 Å². The number of rotatable bonds is 9. The largest absolute Gasteiger partial charge is 0.481 e. The van der Waals surface area contributed by atoms with Crippen LogP contribution in [0, 0.1) is 17.3 Å². The highest BCUT2D eigenvalue weighted by Gasteiger charge is 2.66. The molecule has 1 aliphatic carbocycles. The molecule has 21 heavy (non-hydrogen) atoms. The van der Waals surface area contributed by atoms with Gasteiger partial charge in [0.15, 0.2) is 0 Å². The maximum absolute atomic E-state index is 12.5. The first-order valence-corrected chi connectivity index (χ1v) is 8.05. The van der Waals surface area contributed by atoms with Crippen LogP contribution in [0.15, 0.2) is 0 Å². The maximum atomic E-state index is 12.5. The van der Waals surface area contributed by atoms with E-state index in [1.807, 2.05) is 25.7 Å². The molecule has 0 unspecified atom stereocenters. The highest BCUT2D eigenvalue weighted by atomic mass is 16.4. The standard InChI is InChI=1S/C16H30N2O3/c1-6-17(7-2)10-9-11-18(8-3)14(19)12-13(15(20)21)16(12,4)5/h12-13H,6-11H2,1-5H3,(H,20,21)/t12-,13+/m1/s1. The van der Waals surface area contributed by atoms with Gasteiger partial charge in [0.2, 0.25) is 5.91 Å². The van der Waals surface area contributed by atoms with Gasteiger partial charge in [-0.1, -0.05) is 27.7 Å². The third kappa shape index (κ3) is 3.96. The number of hydrogen-bond acceptors (Lipinski definition) is 3. The molecule has 5 heteroatoms. The van der Waals surface area contributed by atoms with Crippen LogP contribution in [0.25, 0.3) is 0 Å². The summed E-state index contributed by atoms with van der Waals surface area (Å²) in [5.74, 6) is -1.72. The molecule has 0 aromatic carbocycles. The lowest BCUT2D eigenvalue weighted by Crippen LogP contribution is -2.36. The van der Waals surface area contributed by atoms with Crippen molar-refractivity contribution in [1.82, 2.24) is 9.80 Å². The Bertz CT molecular complexity index is 378. The summed E-state index contributed by atoms with van der Waals surface area (Å²) >= 11 is 0. The average molecular weight is 298 g/mol. The van der Waals surface area contributed by atoms with E-state index in [9.17, 15) is 14.7 Å². The zero-order chi connectivity index (χ0) is 16.2. The molecule has 0 saturated heterocycles. The fourth-order valence-corrected chi connectivity index (χ4v) is 3.21. The number of aliphatic carboxylic acids is 1. The van der Waals surface area contributed by atoms with E-state index < -0.39 is 17.3 Å². The van der Waals surface area contributed by atoms with Crippen LogP contribution in [0.5, 0.6) is 0 Å². The minimum absolute atomic E-state index is 0.00875. The molecular formula is C16H30N2O3. The normalized spacial score (nSPS) is 23.1. The van der Waals surface area contributed by atoms with Crippen molar-refractivity contribution in [2.24, 2.45) is 17.3 Å². The molecule has 2 atom stereocenters. The number of hydrogen-bond donors (Lipinski definition) is 1. The summed E-state index contributed by atoms with van der Waals surface area (Å²) in [6.07, 6.45) is 0.937. The number of carboxylic acid groups (broad SMARTS) is 1. The Labute approximate surface area is 128 Å². The molecule has 0 radical (unpaired) electrons. The van der Waals surface area contributed by atoms with Crippen LogP contribution in [-0.2, 0) is 9.59 Å². The van der Waals surface area contributed by atoms with Crippen LogP contribution in [0.1, 0.15) is 41.0 Å². The minimum atomic E-state index is -0.849. The molecule has 5 nitrogen and oxygen atoms in total. The quantitative estimate of drug-likeness (QED) is 0.706. The Balaban J connectivity index is 2.53. The van der Waals surface area contributed by atoms with Gasteiger partial charge in [-0.05, 0) is 38.4 Å². The van der Waals surface area contributed by atoms with Crippen molar-refractivity contribution in [3.05, 3.63) is 0 Å². The number of carbonyl (C=O) groups excluding carboxylic acids is 1. The van der Waals surface area contributed by atoms with Gasteiger partial charge in [0, 0.05) is 13.1 Å². The van der Waals surface area contributed by atoms with E-state index in [0.717, 1.165) is 26.1 Å². The van der Waals surface area contributed by atoms with E-state index in [-0.39, 0.29) is 11.8 Å². The number of nitrogens with zero attached hydrogens (tertiary/aromatic N) is 2. The molecule has 0 bridgehead atoms. The van der Waals surface area contributed by atoms with Gasteiger partial charge in [0.05, 0.1) is 11.8 Å². The van der Waals surface area contributed by atoms with Crippen molar-refractivity contribution in [1.29, 1.82) is 0 Å². The first-order valence-electron chi connectivity index (χ1n) is 8.05. The molecule has 1 saturated carbocycles. The molecule has 0 heterocycles. The van der Waals surface area contributed by atoms with E-state index in [1.165, 1.54) is 0 Å². The van der Waals surface area contributed by atoms with Crippen LogP contribution in [0.3, 0.4) is 0 Å². The van der Waals surface area contributed by atoms with Gasteiger partial charge in [0.25, 0.3) is 0 Å². The topological polar surface area (TPSA) is 60.9 Å². The van der Waals surface area contributed by atoms with Gasteiger partial charge in [0.1, 0.15) is 0 Å². The van der Waals surface area contributed by atoms with Crippen LogP contribution >= 0.6 is 0 Å². The first-order chi connectivity index (χ1) is 9.81. The van der Waals surface area contributed by atoms with Crippen molar-refractivity contribution in [2.75, 3.05) is 32.7 Å². The predicted molar refractivity (Wildman–Crippen MR) is 83.1 cm³/mol. The van der Waals surface area contributed by atoms with Crippen molar-refractivity contribution < 1.29 is 14.7 Å². The SMILES string of the molecule is CCN(CC)CCCN(CC)C(=O)[C@H]1[C@@H](C(=O)O)C1(C)C. The summed E-state index contributed by atoms with van der Waals surface area (Å²) in [4.78, 5) is 27.9. The van der Waals surface area contributed by atoms with Crippen molar-refractivity contribution in [3.8, 4) is 0 Å².